The van der Waals surface area contributed by atoms with Crippen LogP contribution in [0.3, 0.4) is 0 Å². The Balaban J connectivity index is 1.96. The van der Waals surface area contributed by atoms with Gasteiger partial charge in [-0.15, -0.1) is 15.0 Å². The van der Waals surface area contributed by atoms with Crippen LogP contribution in [0.2, 0.25) is 0 Å². The van der Waals surface area contributed by atoms with E-state index in [0.717, 1.165) is 29.7 Å². The van der Waals surface area contributed by atoms with Gasteiger partial charge in [0.2, 0.25) is 0 Å². The highest BCUT2D eigenvalue weighted by molar-refractivity contribution is 5.75. The van der Waals surface area contributed by atoms with E-state index in [0.29, 0.717) is 5.56 Å². The van der Waals surface area contributed by atoms with Crippen molar-refractivity contribution in [2.24, 2.45) is 5.41 Å². The maximum absolute atomic E-state index is 13.7. The Hall–Kier alpha value is -3.42. The van der Waals surface area contributed by atoms with E-state index >= 15 is 0 Å². The molecule has 0 aliphatic carbocycles. The van der Waals surface area contributed by atoms with E-state index in [-0.39, 0.29) is 39.1 Å². The van der Waals surface area contributed by atoms with Gasteiger partial charge in [-0.25, -0.2) is 4.39 Å². The summed E-state index contributed by atoms with van der Waals surface area (Å²) in [6.45, 7) is 14.6. The molecule has 0 saturated heterocycles. The highest BCUT2D eigenvalue weighted by atomic mass is 19.4. The molecule has 0 bridgehead atoms. The number of alkyl halides is 3. The molecular weight excluding hydrogens is 494 g/mol. The summed E-state index contributed by atoms with van der Waals surface area (Å²) < 4.78 is 53.5. The van der Waals surface area contributed by atoms with E-state index in [4.69, 9.17) is 0 Å². The van der Waals surface area contributed by atoms with Gasteiger partial charge in [-0.3, -0.25) is 0 Å². The van der Waals surface area contributed by atoms with Crippen molar-refractivity contribution in [3.63, 3.8) is 0 Å². The molecule has 0 aliphatic rings. The quantitative estimate of drug-likeness (QED) is 0.266. The van der Waals surface area contributed by atoms with E-state index in [2.05, 4.69) is 44.8 Å². The summed E-state index contributed by atoms with van der Waals surface area (Å²) in [4.78, 5) is 1.20. The van der Waals surface area contributed by atoms with Crippen LogP contribution in [0.25, 0.3) is 16.7 Å². The third kappa shape index (κ3) is 5.40. The lowest BCUT2D eigenvalue weighted by atomic mass is 9.70. The molecule has 38 heavy (non-hydrogen) atoms. The fourth-order valence-electron chi connectivity index (χ4n) is 5.29. The molecule has 4 nitrogen and oxygen atoms in total. The van der Waals surface area contributed by atoms with Crippen molar-refractivity contribution in [3.05, 3.63) is 82.7 Å². The van der Waals surface area contributed by atoms with Gasteiger partial charge in [0, 0.05) is 11.0 Å². The van der Waals surface area contributed by atoms with Crippen LogP contribution in [0, 0.1) is 11.2 Å². The Morgan fingerprint density at radius 2 is 1.32 bits per heavy atom. The van der Waals surface area contributed by atoms with Crippen LogP contribution < -0.4 is 0 Å². The first kappa shape index (κ1) is 27.6. The summed E-state index contributed by atoms with van der Waals surface area (Å²) >= 11 is 0. The highest BCUT2D eigenvalue weighted by Gasteiger charge is 2.34. The molecule has 1 heterocycles. The summed E-state index contributed by atoms with van der Waals surface area (Å²) in [5.41, 5.74) is 1.01. The zero-order valence-corrected chi connectivity index (χ0v) is 22.7. The topological polar surface area (TPSA) is 50.9 Å². The normalized spacial score (nSPS) is 13.3. The molecule has 1 N–H and O–H groups in total. The third-order valence-electron chi connectivity index (χ3n) is 7.01. The molecule has 0 amide bonds. The maximum atomic E-state index is 13.7. The largest absolute Gasteiger partial charge is 0.505 e. The molecule has 3 aromatic carbocycles. The second-order valence-electron chi connectivity index (χ2n) is 12.3. The SMILES string of the molecule is CC(C)(C)CC(C)(C)c1cc(-n2nc3ccc(C(F)(F)F)cc3n2)c(O)c(C(C)(C)c2ccc(F)cc2)c1. The fraction of sp³-hybridized carbons (Fsp3) is 0.400. The molecule has 0 atom stereocenters. The zero-order chi connectivity index (χ0) is 28.3. The van der Waals surface area contributed by atoms with E-state index in [1.807, 2.05) is 19.9 Å². The van der Waals surface area contributed by atoms with E-state index < -0.39 is 17.2 Å². The Morgan fingerprint density at radius 3 is 1.89 bits per heavy atom. The van der Waals surface area contributed by atoms with Crippen LogP contribution >= 0.6 is 0 Å². The molecule has 8 heteroatoms. The molecule has 4 rings (SSSR count). The lowest BCUT2D eigenvalue weighted by molar-refractivity contribution is -0.137. The van der Waals surface area contributed by atoms with Gasteiger partial charge in [-0.2, -0.15) is 13.2 Å². The molecule has 4 aromatic rings. The number of phenolic OH excluding ortho intramolecular Hbond substituents is 1. The first-order chi connectivity index (χ1) is 17.4. The Kier molecular flexibility index (Phi) is 6.61. The van der Waals surface area contributed by atoms with E-state index in [1.165, 1.54) is 23.0 Å². The van der Waals surface area contributed by atoms with Crippen molar-refractivity contribution in [2.75, 3.05) is 0 Å². The minimum atomic E-state index is -4.51. The number of aromatic hydroxyl groups is 1. The number of rotatable bonds is 5. The third-order valence-corrected chi connectivity index (χ3v) is 7.01. The average molecular weight is 528 g/mol. The van der Waals surface area contributed by atoms with Crippen LogP contribution in [0.4, 0.5) is 17.6 Å². The summed E-state index contributed by atoms with van der Waals surface area (Å²) in [6.07, 6.45) is -3.69. The smallest absolute Gasteiger partial charge is 0.416 e. The summed E-state index contributed by atoms with van der Waals surface area (Å²) in [7, 11) is 0. The molecule has 1 aromatic heterocycles. The van der Waals surface area contributed by atoms with Crippen molar-refractivity contribution in [1.82, 2.24) is 15.0 Å². The number of phenols is 1. The number of aromatic nitrogens is 3. The molecular formula is C30H33F4N3O. The number of hydrogen-bond donors (Lipinski definition) is 1. The second-order valence-corrected chi connectivity index (χ2v) is 12.3. The Bertz CT molecular complexity index is 1480. The lowest BCUT2D eigenvalue weighted by Gasteiger charge is -2.35. The molecule has 0 fully saturated rings. The fourth-order valence-corrected chi connectivity index (χ4v) is 5.29. The molecule has 0 aliphatic heterocycles. The summed E-state index contributed by atoms with van der Waals surface area (Å²) in [5.74, 6) is -0.453. The second kappa shape index (κ2) is 9.10. The minimum Gasteiger partial charge on any atom is -0.505 e. The standard InChI is InChI=1S/C30H33F4N3O/c1-27(2,3)17-28(4,5)20-14-22(29(6,7)18-8-11-21(31)12-9-18)26(38)25(16-20)37-35-23-13-10-19(30(32,33)34)15-24(23)36-37/h8-16,38H,17H2,1-7H3. The van der Waals surface area contributed by atoms with E-state index in [9.17, 15) is 22.7 Å². The number of fused-ring (bicyclic) bond motifs is 1. The minimum absolute atomic E-state index is 0.000807. The highest BCUT2D eigenvalue weighted by Crippen LogP contribution is 2.45. The summed E-state index contributed by atoms with van der Waals surface area (Å²) in [6, 6.07) is 13.1. The van der Waals surface area contributed by atoms with Gasteiger partial charge < -0.3 is 5.11 Å². The van der Waals surface area contributed by atoms with Gasteiger partial charge in [0.05, 0.1) is 5.56 Å². The first-order valence-electron chi connectivity index (χ1n) is 12.5. The number of benzene rings is 3. The predicted molar refractivity (Wildman–Crippen MR) is 141 cm³/mol. The lowest BCUT2D eigenvalue weighted by Crippen LogP contribution is -2.27. The van der Waals surface area contributed by atoms with Crippen molar-refractivity contribution in [3.8, 4) is 11.4 Å². The Labute approximate surface area is 220 Å². The predicted octanol–water partition coefficient (Wildman–Crippen LogP) is 8.32. The average Bonchev–Trinajstić information content (AvgIpc) is 3.20. The van der Waals surface area contributed by atoms with Crippen LogP contribution in [0.1, 0.15) is 77.1 Å². The zero-order valence-electron chi connectivity index (χ0n) is 22.7. The molecule has 0 saturated carbocycles. The Morgan fingerprint density at radius 1 is 0.737 bits per heavy atom. The van der Waals surface area contributed by atoms with Gasteiger partial charge >= 0.3 is 6.18 Å². The van der Waals surface area contributed by atoms with Gasteiger partial charge in [-0.1, -0.05) is 66.7 Å². The van der Waals surface area contributed by atoms with E-state index in [1.54, 1.807) is 18.2 Å². The van der Waals surface area contributed by atoms with Crippen molar-refractivity contribution >= 4 is 11.0 Å². The van der Waals surface area contributed by atoms with Gasteiger partial charge in [0.15, 0.2) is 0 Å². The van der Waals surface area contributed by atoms with Crippen molar-refractivity contribution in [1.29, 1.82) is 0 Å². The van der Waals surface area contributed by atoms with Crippen molar-refractivity contribution < 1.29 is 22.7 Å². The maximum Gasteiger partial charge on any atom is 0.416 e. The number of nitrogens with zero attached hydrogens (tertiary/aromatic N) is 3. The molecule has 0 radical (unpaired) electrons. The number of halogens is 4. The summed E-state index contributed by atoms with van der Waals surface area (Å²) in [5, 5.41) is 20.3. The van der Waals surface area contributed by atoms with Gasteiger partial charge in [-0.05, 0) is 64.8 Å². The van der Waals surface area contributed by atoms with Crippen LogP contribution in [0.5, 0.6) is 5.75 Å². The molecule has 202 valence electrons. The molecule has 0 unspecified atom stereocenters. The van der Waals surface area contributed by atoms with Crippen LogP contribution in [-0.4, -0.2) is 20.1 Å². The monoisotopic (exact) mass is 527 g/mol. The molecule has 0 spiro atoms. The van der Waals surface area contributed by atoms with Crippen LogP contribution in [-0.2, 0) is 17.0 Å². The van der Waals surface area contributed by atoms with Gasteiger partial charge in [0.1, 0.15) is 28.3 Å². The number of hydrogen-bond acceptors (Lipinski definition) is 3. The van der Waals surface area contributed by atoms with Crippen molar-refractivity contribution in [2.45, 2.75) is 71.9 Å². The van der Waals surface area contributed by atoms with Crippen LogP contribution in [0.15, 0.2) is 54.6 Å². The van der Waals surface area contributed by atoms with Gasteiger partial charge in [0.25, 0.3) is 0 Å². The first-order valence-corrected chi connectivity index (χ1v) is 12.5.